The minimum Gasteiger partial charge on any atom is -0.488 e. The lowest BCUT2D eigenvalue weighted by Gasteiger charge is -2.17. The molecule has 8 heteroatoms. The molecule has 1 aromatic carbocycles. The van der Waals surface area contributed by atoms with Gasteiger partial charge in [0.1, 0.15) is 24.2 Å². The number of nitrogens with zero attached hydrogens (tertiary/aromatic N) is 2. The highest BCUT2D eigenvalue weighted by atomic mass is 16.5. The number of ether oxygens (including phenoxy) is 1. The highest BCUT2D eigenvalue weighted by Crippen LogP contribution is 2.19. The molecule has 27 heavy (non-hydrogen) atoms. The van der Waals surface area contributed by atoms with Crippen molar-refractivity contribution in [3.05, 3.63) is 63.1 Å². The van der Waals surface area contributed by atoms with Crippen molar-refractivity contribution in [1.29, 1.82) is 0 Å². The van der Waals surface area contributed by atoms with Crippen LogP contribution in [0.5, 0.6) is 5.75 Å². The molecule has 1 fully saturated rings. The number of carbonyl (C=O) groups is 1. The Morgan fingerprint density at radius 3 is 2.85 bits per heavy atom. The van der Waals surface area contributed by atoms with Gasteiger partial charge in [-0.3, -0.25) is 9.36 Å². The minimum absolute atomic E-state index is 0.0867. The summed E-state index contributed by atoms with van der Waals surface area (Å²) in [7, 11) is 0. The number of hydrogen-bond acceptors (Lipinski definition) is 6. The van der Waals surface area contributed by atoms with Crippen LogP contribution in [-0.4, -0.2) is 34.6 Å². The van der Waals surface area contributed by atoms with Gasteiger partial charge in [-0.05, 0) is 19.1 Å². The zero-order valence-electron chi connectivity index (χ0n) is 14.7. The Kier molecular flexibility index (Phi) is 4.31. The number of aryl methyl sites for hydroxylation is 1. The van der Waals surface area contributed by atoms with E-state index >= 15 is 0 Å². The van der Waals surface area contributed by atoms with Crippen LogP contribution in [0.15, 0.2) is 54.8 Å². The molecule has 4 rings (SSSR count). The van der Waals surface area contributed by atoms with Gasteiger partial charge >= 0.3 is 11.4 Å². The lowest BCUT2D eigenvalue weighted by molar-refractivity contribution is -0.131. The summed E-state index contributed by atoms with van der Waals surface area (Å²) in [5, 5.41) is 0. The first-order valence-corrected chi connectivity index (χ1v) is 8.64. The van der Waals surface area contributed by atoms with Crippen LogP contribution in [-0.2, 0) is 11.3 Å². The van der Waals surface area contributed by atoms with E-state index in [2.05, 4.69) is 0 Å². The van der Waals surface area contributed by atoms with E-state index in [1.165, 1.54) is 10.6 Å². The van der Waals surface area contributed by atoms with Crippen molar-refractivity contribution in [2.45, 2.75) is 26.0 Å². The fraction of sp³-hybridized carbons (Fsp3) is 0.316. The number of carbonyl (C=O) groups excluding carboxylic acids is 1. The summed E-state index contributed by atoms with van der Waals surface area (Å²) >= 11 is 0. The smallest absolute Gasteiger partial charge is 0.420 e. The summed E-state index contributed by atoms with van der Waals surface area (Å²) in [5.41, 5.74) is 0.577. The SMILES string of the molecule is Cc1cc(OC2CCN(C(=O)Cn3c(=O)oc4ccccc43)C2)cc(=O)o1. The molecule has 1 unspecified atom stereocenters. The van der Waals surface area contributed by atoms with Gasteiger partial charge in [0, 0.05) is 19.0 Å². The van der Waals surface area contributed by atoms with Crippen molar-refractivity contribution in [3.63, 3.8) is 0 Å². The predicted molar refractivity (Wildman–Crippen MR) is 95.8 cm³/mol. The molecule has 1 aliphatic heterocycles. The fourth-order valence-corrected chi connectivity index (χ4v) is 3.29. The maximum Gasteiger partial charge on any atom is 0.420 e. The molecule has 3 aromatic rings. The molecule has 8 nitrogen and oxygen atoms in total. The van der Waals surface area contributed by atoms with Crippen LogP contribution in [0.2, 0.25) is 0 Å². The van der Waals surface area contributed by atoms with E-state index in [9.17, 15) is 14.4 Å². The molecule has 0 spiro atoms. The van der Waals surface area contributed by atoms with Crippen molar-refractivity contribution < 1.29 is 18.4 Å². The summed E-state index contributed by atoms with van der Waals surface area (Å²) in [5.74, 6) is 0.163. The quantitative estimate of drug-likeness (QED) is 0.691. The number of likely N-dealkylation sites (tertiary alicyclic amines) is 1. The lowest BCUT2D eigenvalue weighted by atomic mass is 10.3. The molecule has 1 aliphatic rings. The fourth-order valence-electron chi connectivity index (χ4n) is 3.29. The topological polar surface area (TPSA) is 94.9 Å². The van der Waals surface area contributed by atoms with E-state index in [4.69, 9.17) is 13.6 Å². The van der Waals surface area contributed by atoms with Gasteiger partial charge in [-0.1, -0.05) is 12.1 Å². The molecule has 0 radical (unpaired) electrons. The average Bonchev–Trinajstić information content (AvgIpc) is 3.19. The second kappa shape index (κ2) is 6.79. The minimum atomic E-state index is -0.553. The standard InChI is InChI=1S/C19H18N2O6/c1-12-8-14(9-18(23)25-12)26-13-6-7-20(10-13)17(22)11-21-15-4-2-3-5-16(15)27-19(21)24/h2-5,8-9,13H,6-7,10-11H2,1H3. The first kappa shape index (κ1) is 17.1. The number of fused-ring (bicyclic) bond motifs is 1. The van der Waals surface area contributed by atoms with E-state index in [-0.39, 0.29) is 18.6 Å². The Morgan fingerprint density at radius 2 is 2.04 bits per heavy atom. The van der Waals surface area contributed by atoms with Crippen molar-refractivity contribution >= 4 is 17.0 Å². The van der Waals surface area contributed by atoms with Crippen molar-refractivity contribution in [1.82, 2.24) is 9.47 Å². The van der Waals surface area contributed by atoms with Gasteiger partial charge in [0.15, 0.2) is 5.58 Å². The number of rotatable bonds is 4. The van der Waals surface area contributed by atoms with Gasteiger partial charge in [-0.2, -0.15) is 0 Å². The molecule has 140 valence electrons. The van der Waals surface area contributed by atoms with Crippen molar-refractivity contribution in [2.24, 2.45) is 0 Å². The third-order valence-electron chi connectivity index (χ3n) is 4.53. The van der Waals surface area contributed by atoms with Crippen molar-refractivity contribution in [2.75, 3.05) is 13.1 Å². The number of benzene rings is 1. The Morgan fingerprint density at radius 1 is 1.22 bits per heavy atom. The molecule has 1 atom stereocenters. The largest absolute Gasteiger partial charge is 0.488 e. The third kappa shape index (κ3) is 3.51. The van der Waals surface area contributed by atoms with Crippen molar-refractivity contribution in [3.8, 4) is 5.75 Å². The highest BCUT2D eigenvalue weighted by Gasteiger charge is 2.28. The Hall–Kier alpha value is -3.29. The van der Waals surface area contributed by atoms with Crippen LogP contribution in [0.3, 0.4) is 0 Å². The van der Waals surface area contributed by atoms with Crippen LogP contribution in [0, 0.1) is 6.92 Å². The van der Waals surface area contributed by atoms with Crippen LogP contribution >= 0.6 is 0 Å². The van der Waals surface area contributed by atoms with Crippen LogP contribution in [0.1, 0.15) is 12.2 Å². The Labute approximate surface area is 153 Å². The average molecular weight is 370 g/mol. The summed E-state index contributed by atoms with van der Waals surface area (Å²) in [6, 6.07) is 9.92. The molecule has 0 aliphatic carbocycles. The maximum absolute atomic E-state index is 12.6. The first-order valence-electron chi connectivity index (χ1n) is 8.64. The zero-order valence-corrected chi connectivity index (χ0v) is 14.7. The summed E-state index contributed by atoms with van der Waals surface area (Å²) in [4.78, 5) is 37.7. The summed E-state index contributed by atoms with van der Waals surface area (Å²) < 4.78 is 17.2. The van der Waals surface area contributed by atoms with E-state index in [1.54, 1.807) is 42.2 Å². The van der Waals surface area contributed by atoms with Gasteiger partial charge in [0.25, 0.3) is 0 Å². The molecule has 3 heterocycles. The van der Waals surface area contributed by atoms with Crippen LogP contribution < -0.4 is 16.1 Å². The van der Waals surface area contributed by atoms with Gasteiger partial charge in [-0.15, -0.1) is 0 Å². The number of amides is 1. The number of oxazole rings is 1. The zero-order chi connectivity index (χ0) is 19.0. The number of para-hydroxylation sites is 2. The molecular weight excluding hydrogens is 352 g/mol. The molecule has 0 bridgehead atoms. The number of aromatic nitrogens is 1. The van der Waals surface area contributed by atoms with Crippen LogP contribution in [0.25, 0.3) is 11.1 Å². The molecule has 2 aromatic heterocycles. The van der Waals surface area contributed by atoms with E-state index < -0.39 is 11.4 Å². The monoisotopic (exact) mass is 370 g/mol. The lowest BCUT2D eigenvalue weighted by Crippen LogP contribution is -2.35. The first-order chi connectivity index (χ1) is 13.0. The number of hydrogen-bond donors (Lipinski definition) is 0. The molecular formula is C19H18N2O6. The highest BCUT2D eigenvalue weighted by molar-refractivity contribution is 5.79. The maximum atomic E-state index is 12.6. The normalized spacial score (nSPS) is 16.8. The molecule has 0 saturated carbocycles. The second-order valence-corrected chi connectivity index (χ2v) is 6.51. The van der Waals surface area contributed by atoms with E-state index in [0.717, 1.165) is 0 Å². The second-order valence-electron chi connectivity index (χ2n) is 6.51. The van der Waals surface area contributed by atoms with Gasteiger partial charge in [0.05, 0.1) is 18.1 Å². The van der Waals surface area contributed by atoms with E-state index in [1.807, 2.05) is 0 Å². The third-order valence-corrected chi connectivity index (χ3v) is 4.53. The Balaban J connectivity index is 1.44. The molecule has 1 saturated heterocycles. The van der Waals surface area contributed by atoms with E-state index in [0.29, 0.717) is 42.1 Å². The summed E-state index contributed by atoms with van der Waals surface area (Å²) in [6.07, 6.45) is 0.430. The van der Waals surface area contributed by atoms with Gasteiger partial charge in [0.2, 0.25) is 5.91 Å². The van der Waals surface area contributed by atoms with Crippen LogP contribution in [0.4, 0.5) is 0 Å². The van der Waals surface area contributed by atoms with Gasteiger partial charge < -0.3 is 18.5 Å². The summed E-state index contributed by atoms with van der Waals surface area (Å²) in [6.45, 7) is 2.50. The van der Waals surface area contributed by atoms with Gasteiger partial charge in [-0.25, -0.2) is 9.59 Å². The predicted octanol–water partition coefficient (Wildman–Crippen LogP) is 1.54. The molecule has 1 amide bonds. The molecule has 0 N–H and O–H groups in total. The Bertz CT molecular complexity index is 1110.